The smallest absolute Gasteiger partial charge is 0.326 e. The number of hydrogen-bond donors (Lipinski definition) is 15. The second-order valence-electron chi connectivity index (χ2n) is 19.3. The lowest BCUT2D eigenvalue weighted by Crippen LogP contribution is -2.59. The summed E-state index contributed by atoms with van der Waals surface area (Å²) in [6, 6.07) is -3.22. The van der Waals surface area contributed by atoms with Crippen LogP contribution in [0.15, 0.2) is 30.3 Å². The van der Waals surface area contributed by atoms with E-state index in [2.05, 4.69) is 58.5 Å². The van der Waals surface area contributed by atoms with Gasteiger partial charge in [0, 0.05) is 19.4 Å². The van der Waals surface area contributed by atoms with Gasteiger partial charge in [-0.05, 0) is 70.4 Å². The monoisotopic (exact) mass is 1120 g/mol. The topological polar surface area (TPSA) is 455 Å². The quantitative estimate of drug-likeness (QED) is 0.0320. The van der Waals surface area contributed by atoms with Crippen molar-refractivity contribution in [1.82, 2.24) is 63.4 Å². The van der Waals surface area contributed by atoms with Crippen LogP contribution in [0.1, 0.15) is 84.6 Å². The van der Waals surface area contributed by atoms with Crippen molar-refractivity contribution in [3.8, 4) is 0 Å². The van der Waals surface area contributed by atoms with E-state index in [1.807, 2.05) is 0 Å². The summed E-state index contributed by atoms with van der Waals surface area (Å²) in [6.07, 6.45) is -0.415. The van der Waals surface area contributed by atoms with Gasteiger partial charge in [0.05, 0.1) is 38.7 Å². The molecule has 2 aliphatic rings. The van der Waals surface area contributed by atoms with E-state index in [1.165, 1.54) is 18.7 Å². The van der Waals surface area contributed by atoms with Crippen LogP contribution in [-0.4, -0.2) is 202 Å². The molecular weight excluding hydrogens is 1040 g/mol. The minimum atomic E-state index is -1.92. The number of nitrogens with zero attached hydrogens (tertiary/aromatic N) is 1. The van der Waals surface area contributed by atoms with Crippen LogP contribution in [0.4, 0.5) is 0 Å². The molecule has 1 aromatic carbocycles. The lowest BCUT2D eigenvalue weighted by molar-refractivity contribution is -0.143. The van der Waals surface area contributed by atoms with Crippen molar-refractivity contribution >= 4 is 82.9 Å². The third kappa shape index (κ3) is 22.7. The molecule has 9 atom stereocenters. The molecule has 2 aliphatic heterocycles. The number of carbonyl (C=O) groups excluding carboxylic acids is 11. The predicted octanol–water partition coefficient (Wildman–Crippen LogP) is -5.78. The molecular formula is C49H72N12O18. The fourth-order valence-corrected chi connectivity index (χ4v) is 8.21. The zero-order valence-electron chi connectivity index (χ0n) is 44.2. The number of hydrogen-bond acceptors (Lipinski definition) is 16. The molecule has 79 heavy (non-hydrogen) atoms. The van der Waals surface area contributed by atoms with E-state index in [0.717, 1.165) is 6.42 Å². The Kier molecular flexibility index (Phi) is 26.7. The van der Waals surface area contributed by atoms with Gasteiger partial charge < -0.3 is 83.8 Å². The summed E-state index contributed by atoms with van der Waals surface area (Å²) in [5, 5.41) is 64.2. The Balaban J connectivity index is 1.53. The van der Waals surface area contributed by atoms with Crippen LogP contribution in [0, 0.1) is 5.92 Å². The average molecular weight is 1120 g/mol. The average Bonchev–Trinajstić information content (AvgIpc) is 4.13. The van der Waals surface area contributed by atoms with Crippen LogP contribution in [-0.2, 0) is 73.5 Å². The highest BCUT2D eigenvalue weighted by Gasteiger charge is 2.40. The SMILES string of the molecule is CC(C)C[C@H](NC(=O)[C@H](C)NC(=O)[C@@H]1CCCN1)C(=O)N1CCC[C@H]1C(=O)N[C@@H](CCC(=O)O)C(=O)N[C@@H](CC(=O)O)C(=O)NCC(=O)NCC(=O)N[C@@H](CO)C(=O)NCC(=O)N[C@@H](C)C(=O)N[C@@H](Cc1ccccc1)C(=O)O. The van der Waals surface area contributed by atoms with E-state index in [-0.39, 0.29) is 37.6 Å². The highest BCUT2D eigenvalue weighted by Crippen LogP contribution is 2.21. The number of nitrogens with one attached hydrogen (secondary N) is 11. The van der Waals surface area contributed by atoms with Crippen molar-refractivity contribution in [1.29, 1.82) is 0 Å². The third-order valence-electron chi connectivity index (χ3n) is 12.4. The van der Waals surface area contributed by atoms with Gasteiger partial charge in [0.2, 0.25) is 65.0 Å². The molecule has 0 spiro atoms. The normalized spacial score (nSPS) is 17.4. The first-order chi connectivity index (χ1) is 37.3. The molecule has 0 aromatic heterocycles. The Morgan fingerprint density at radius 1 is 0.582 bits per heavy atom. The Labute approximate surface area is 453 Å². The zero-order chi connectivity index (χ0) is 58.9. The maximum atomic E-state index is 14.0. The maximum absolute atomic E-state index is 14.0. The molecule has 0 bridgehead atoms. The van der Waals surface area contributed by atoms with Crippen LogP contribution in [0.3, 0.4) is 0 Å². The van der Waals surface area contributed by atoms with Gasteiger partial charge in [-0.3, -0.25) is 62.3 Å². The largest absolute Gasteiger partial charge is 0.481 e. The molecule has 436 valence electrons. The highest BCUT2D eigenvalue weighted by atomic mass is 16.4. The maximum Gasteiger partial charge on any atom is 0.326 e. The van der Waals surface area contributed by atoms with E-state index in [1.54, 1.807) is 44.2 Å². The number of aliphatic hydroxyl groups excluding tert-OH is 1. The van der Waals surface area contributed by atoms with Crippen molar-refractivity contribution in [2.75, 3.05) is 39.3 Å². The molecule has 0 radical (unpaired) electrons. The first kappa shape index (κ1) is 65.0. The summed E-state index contributed by atoms with van der Waals surface area (Å²) >= 11 is 0. The van der Waals surface area contributed by atoms with Gasteiger partial charge in [0.25, 0.3) is 0 Å². The predicted molar refractivity (Wildman–Crippen MR) is 273 cm³/mol. The van der Waals surface area contributed by atoms with Crippen LogP contribution in [0.5, 0.6) is 0 Å². The van der Waals surface area contributed by atoms with Crippen molar-refractivity contribution < 1.29 is 87.5 Å². The van der Waals surface area contributed by atoms with E-state index in [0.29, 0.717) is 24.9 Å². The van der Waals surface area contributed by atoms with Gasteiger partial charge in [0.15, 0.2) is 0 Å². The van der Waals surface area contributed by atoms with Crippen LogP contribution >= 0.6 is 0 Å². The standard InChI is InChI=1S/C49H72N12O18/c1-25(2)18-32(59-42(71)27(4)55-45(74)29-12-8-16-50-29)48(77)61-17-9-13-35(61)47(76)57-30(14-15-39(66)67)46(75)58-31(20-40(68)69)43(72)52-21-36(63)51-22-38(65)56-34(24-62)44(73)53-23-37(64)54-26(3)41(70)60-33(49(78)79)19-28-10-6-5-7-11-28/h5-7,10-11,25-27,29-35,50,62H,8-9,12-24H2,1-4H3,(H,51,63)(H,52,72)(H,53,73)(H,54,64)(H,55,74)(H,56,65)(H,57,76)(H,58,75)(H,59,71)(H,60,70)(H,66,67)(H,68,69)(H,78,79)/t26-,27-,29-,30-,31-,32-,33-,34-,35-/m0/s1. The van der Waals surface area contributed by atoms with Crippen molar-refractivity contribution in [2.45, 2.75) is 140 Å². The first-order valence-corrected chi connectivity index (χ1v) is 25.6. The van der Waals surface area contributed by atoms with Gasteiger partial charge in [-0.15, -0.1) is 0 Å². The molecule has 2 saturated heterocycles. The highest BCUT2D eigenvalue weighted by molar-refractivity contribution is 5.99. The van der Waals surface area contributed by atoms with Gasteiger partial charge >= 0.3 is 17.9 Å². The summed E-state index contributed by atoms with van der Waals surface area (Å²) in [4.78, 5) is 180. The minimum Gasteiger partial charge on any atom is -0.481 e. The summed E-state index contributed by atoms with van der Waals surface area (Å²) < 4.78 is 0. The number of amides is 11. The fraction of sp³-hybridized carbons (Fsp3) is 0.592. The number of carboxylic acids is 3. The molecule has 2 heterocycles. The zero-order valence-corrected chi connectivity index (χ0v) is 44.2. The number of rotatable bonds is 32. The molecule has 0 unspecified atom stereocenters. The number of benzene rings is 1. The summed E-state index contributed by atoms with van der Waals surface area (Å²) in [7, 11) is 0. The molecule has 30 nitrogen and oxygen atoms in total. The molecule has 0 saturated carbocycles. The third-order valence-corrected chi connectivity index (χ3v) is 12.4. The lowest BCUT2D eigenvalue weighted by Gasteiger charge is -2.31. The molecule has 1 aromatic rings. The number of carbonyl (C=O) groups is 14. The fourth-order valence-electron chi connectivity index (χ4n) is 8.21. The number of aliphatic hydroxyl groups is 1. The first-order valence-electron chi connectivity index (χ1n) is 25.6. The number of aliphatic carboxylic acids is 3. The van der Waals surface area contributed by atoms with Gasteiger partial charge in [0.1, 0.15) is 48.3 Å². The van der Waals surface area contributed by atoms with Gasteiger partial charge in [-0.25, -0.2) is 4.79 Å². The van der Waals surface area contributed by atoms with E-state index in [4.69, 9.17) is 0 Å². The Bertz CT molecular complexity index is 2390. The minimum absolute atomic E-state index is 0.0417. The van der Waals surface area contributed by atoms with Gasteiger partial charge in [-0.1, -0.05) is 44.2 Å². The van der Waals surface area contributed by atoms with Crippen LogP contribution < -0.4 is 58.5 Å². The van der Waals surface area contributed by atoms with Crippen molar-refractivity contribution in [3.63, 3.8) is 0 Å². The Morgan fingerprint density at radius 3 is 1.75 bits per heavy atom. The van der Waals surface area contributed by atoms with E-state index >= 15 is 0 Å². The molecule has 30 heteroatoms. The molecule has 2 fully saturated rings. The van der Waals surface area contributed by atoms with Crippen molar-refractivity contribution in [3.05, 3.63) is 35.9 Å². The molecule has 11 amide bonds. The summed E-state index contributed by atoms with van der Waals surface area (Å²) in [6.45, 7) is 3.56. The molecule has 3 rings (SSSR count). The van der Waals surface area contributed by atoms with E-state index in [9.17, 15) is 87.5 Å². The molecule has 0 aliphatic carbocycles. The second-order valence-corrected chi connectivity index (χ2v) is 19.3. The van der Waals surface area contributed by atoms with Crippen LogP contribution in [0.25, 0.3) is 0 Å². The van der Waals surface area contributed by atoms with Crippen molar-refractivity contribution in [2.24, 2.45) is 5.92 Å². The number of likely N-dealkylation sites (tertiary alicyclic amines) is 1. The van der Waals surface area contributed by atoms with Gasteiger partial charge in [-0.2, -0.15) is 0 Å². The summed E-state index contributed by atoms with van der Waals surface area (Å²) in [5.74, 6) is -14.3. The lowest BCUT2D eigenvalue weighted by atomic mass is 10.0. The van der Waals surface area contributed by atoms with Crippen LogP contribution in [0.2, 0.25) is 0 Å². The van der Waals surface area contributed by atoms with E-state index < -0.39 is 177 Å². The Hall–Kier alpha value is -8.28. The second kappa shape index (κ2) is 32.5. The molecule has 15 N–H and O–H groups in total. The Morgan fingerprint density at radius 2 is 1.16 bits per heavy atom. The number of carboxylic acid groups (broad SMARTS) is 3. The summed E-state index contributed by atoms with van der Waals surface area (Å²) in [5.41, 5.74) is 0.631.